The number of nitriles is 1. The SMILES string of the molecule is C=CCOC12Oc3ccc(O)cc3C3C(CCCCO)C(CCCCO)C=C(C(=NOCC)CC1N(CCC)C(=O)c1ccc(C#N)cc1)C32. The number of rotatable bonds is 17. The van der Waals surface area contributed by atoms with Crippen LogP contribution >= 0.6 is 0 Å². The fourth-order valence-corrected chi connectivity index (χ4v) is 8.29. The first-order chi connectivity index (χ1) is 24.4. The second-order valence-corrected chi connectivity index (χ2v) is 13.4. The minimum atomic E-state index is -1.36. The van der Waals surface area contributed by atoms with Crippen LogP contribution in [0.25, 0.3) is 0 Å². The molecule has 10 nitrogen and oxygen atoms in total. The summed E-state index contributed by atoms with van der Waals surface area (Å²) in [5.74, 6) is -1.29. The van der Waals surface area contributed by atoms with Crippen LogP contribution in [0.4, 0.5) is 0 Å². The van der Waals surface area contributed by atoms with Crippen molar-refractivity contribution in [3.05, 3.63) is 83.5 Å². The number of aliphatic hydroxyl groups is 2. The second-order valence-electron chi connectivity index (χ2n) is 13.4. The number of benzene rings is 2. The number of fused-ring (bicyclic) bond motifs is 2. The third-order valence-electron chi connectivity index (χ3n) is 10.3. The number of aliphatic hydroxyl groups excluding tert-OH is 2. The van der Waals surface area contributed by atoms with Crippen LogP contribution in [0.3, 0.4) is 0 Å². The molecule has 2 aromatic rings. The summed E-state index contributed by atoms with van der Waals surface area (Å²) in [4.78, 5) is 22.2. The van der Waals surface area contributed by atoms with Gasteiger partial charge in [-0.1, -0.05) is 37.1 Å². The molecule has 1 aliphatic heterocycles. The van der Waals surface area contributed by atoms with Gasteiger partial charge in [0.05, 0.1) is 29.9 Å². The van der Waals surface area contributed by atoms with Crippen molar-refractivity contribution in [3.63, 3.8) is 0 Å². The van der Waals surface area contributed by atoms with E-state index in [4.69, 9.17) is 19.5 Å². The van der Waals surface area contributed by atoms with Crippen molar-refractivity contribution in [1.82, 2.24) is 4.90 Å². The van der Waals surface area contributed by atoms with E-state index in [1.165, 1.54) is 0 Å². The highest BCUT2D eigenvalue weighted by Gasteiger charge is 2.65. The van der Waals surface area contributed by atoms with Crippen molar-refractivity contribution in [3.8, 4) is 17.6 Å². The highest BCUT2D eigenvalue weighted by Crippen LogP contribution is 2.61. The summed E-state index contributed by atoms with van der Waals surface area (Å²) in [7, 11) is 0. The fraction of sp³-hybridized carbons (Fsp3) is 0.525. The Balaban J connectivity index is 1.77. The van der Waals surface area contributed by atoms with Crippen molar-refractivity contribution < 1.29 is 34.4 Å². The van der Waals surface area contributed by atoms with E-state index in [1.54, 1.807) is 48.5 Å². The first-order valence-electron chi connectivity index (χ1n) is 18.1. The lowest BCUT2D eigenvalue weighted by Gasteiger charge is -2.60. The first kappa shape index (κ1) is 37.1. The van der Waals surface area contributed by atoms with E-state index >= 15 is 0 Å². The second kappa shape index (κ2) is 17.2. The highest BCUT2D eigenvalue weighted by molar-refractivity contribution is 6.03. The predicted molar refractivity (Wildman–Crippen MR) is 191 cm³/mol. The summed E-state index contributed by atoms with van der Waals surface area (Å²) in [6.45, 7) is 9.04. The van der Waals surface area contributed by atoms with Crippen molar-refractivity contribution in [1.29, 1.82) is 5.26 Å². The number of carbonyl (C=O) groups is 1. The van der Waals surface area contributed by atoms with Crippen LogP contribution in [-0.2, 0) is 9.57 Å². The molecule has 1 heterocycles. The van der Waals surface area contributed by atoms with Gasteiger partial charge in [-0.3, -0.25) is 4.79 Å². The molecule has 0 spiro atoms. The van der Waals surface area contributed by atoms with E-state index in [-0.39, 0.29) is 49.2 Å². The van der Waals surface area contributed by atoms with Crippen LogP contribution in [-0.4, -0.2) is 76.6 Å². The Bertz CT molecular complexity index is 1580. The van der Waals surface area contributed by atoms with Crippen molar-refractivity contribution in [2.24, 2.45) is 22.9 Å². The lowest BCUT2D eigenvalue weighted by atomic mass is 9.55. The number of carbonyl (C=O) groups excluding carboxylic acids is 1. The molecule has 5 rings (SSSR count). The topological polar surface area (TPSA) is 145 Å². The number of phenolic OH excluding ortho intramolecular Hbond substituents is 1. The molecule has 1 fully saturated rings. The van der Waals surface area contributed by atoms with Gasteiger partial charge in [0.15, 0.2) is 0 Å². The molecular formula is C40H51N3O7. The fourth-order valence-electron chi connectivity index (χ4n) is 8.29. The van der Waals surface area contributed by atoms with Gasteiger partial charge in [-0.05, 0) is 98.9 Å². The minimum Gasteiger partial charge on any atom is -0.508 e. The lowest BCUT2D eigenvalue weighted by molar-refractivity contribution is -0.254. The van der Waals surface area contributed by atoms with Gasteiger partial charge < -0.3 is 34.5 Å². The summed E-state index contributed by atoms with van der Waals surface area (Å²) >= 11 is 0. The van der Waals surface area contributed by atoms with E-state index < -0.39 is 17.7 Å². The molecule has 3 aliphatic rings. The number of unbranched alkanes of at least 4 members (excludes halogenated alkanes) is 2. The number of oxime groups is 1. The molecule has 2 aliphatic carbocycles. The van der Waals surface area contributed by atoms with Gasteiger partial charge in [0, 0.05) is 43.2 Å². The third-order valence-corrected chi connectivity index (χ3v) is 10.3. The summed E-state index contributed by atoms with van der Waals surface area (Å²) in [6, 6.07) is 13.3. The van der Waals surface area contributed by atoms with Gasteiger partial charge in [-0.2, -0.15) is 5.26 Å². The van der Waals surface area contributed by atoms with Crippen LogP contribution in [0, 0.1) is 29.1 Å². The van der Waals surface area contributed by atoms with Gasteiger partial charge in [0.1, 0.15) is 24.1 Å². The molecule has 0 bridgehead atoms. The quantitative estimate of drug-likeness (QED) is 0.0977. The van der Waals surface area contributed by atoms with Crippen molar-refractivity contribution in [2.45, 2.75) is 83.0 Å². The molecule has 1 amide bonds. The molecule has 10 heteroatoms. The molecular weight excluding hydrogens is 634 g/mol. The molecule has 0 saturated heterocycles. The van der Waals surface area contributed by atoms with E-state index in [0.717, 1.165) is 42.5 Å². The number of nitrogens with zero attached hydrogens (tertiary/aromatic N) is 3. The molecule has 2 aromatic carbocycles. The molecule has 6 atom stereocenters. The summed E-state index contributed by atoms with van der Waals surface area (Å²) in [6.07, 6.45) is 9.62. The first-order valence-corrected chi connectivity index (χ1v) is 18.1. The minimum absolute atomic E-state index is 0.0751. The number of ether oxygens (including phenoxy) is 2. The number of allylic oxidation sites excluding steroid dienone is 1. The Kier molecular flexibility index (Phi) is 12.7. The van der Waals surface area contributed by atoms with E-state index in [9.17, 15) is 25.4 Å². The molecule has 6 unspecified atom stereocenters. The van der Waals surface area contributed by atoms with Gasteiger partial charge in [-0.15, -0.1) is 6.58 Å². The Morgan fingerprint density at radius 1 is 1.12 bits per heavy atom. The number of hydrogen-bond donors (Lipinski definition) is 3. The van der Waals surface area contributed by atoms with Gasteiger partial charge in [0.2, 0.25) is 5.79 Å². The Morgan fingerprint density at radius 3 is 2.52 bits per heavy atom. The number of amides is 1. The maximum atomic E-state index is 14.6. The normalized spacial score (nSPS) is 25.8. The standard InChI is InChI=1S/C40H51N3O7/c1-4-19-43(39(47)28-15-13-27(26-41)14-16-28)36-25-34(42-49-6-3)32-23-29(11-7-9-20-44)31(12-8-10-21-45)37-33-24-30(46)17-18-35(33)50-40(36,38(32)37)48-22-5-2/h5,13-18,23-24,29,31,36-38,44-46H,2,4,6-12,19-22,25H2,1,3H3. The van der Waals surface area contributed by atoms with Gasteiger partial charge >= 0.3 is 0 Å². The Hall–Kier alpha value is -4.17. The Labute approximate surface area is 295 Å². The van der Waals surface area contributed by atoms with E-state index in [1.807, 2.05) is 18.7 Å². The summed E-state index contributed by atoms with van der Waals surface area (Å²) < 4.78 is 14.0. The van der Waals surface area contributed by atoms with Crippen molar-refractivity contribution in [2.75, 3.05) is 33.0 Å². The number of aromatic hydroxyl groups is 1. The monoisotopic (exact) mass is 685 g/mol. The average Bonchev–Trinajstić information content (AvgIpc) is 3.13. The highest BCUT2D eigenvalue weighted by atomic mass is 16.7. The average molecular weight is 686 g/mol. The summed E-state index contributed by atoms with van der Waals surface area (Å²) in [5.41, 5.74) is 3.47. The molecule has 0 radical (unpaired) electrons. The molecule has 0 aromatic heterocycles. The van der Waals surface area contributed by atoms with E-state index in [2.05, 4.69) is 18.7 Å². The van der Waals surface area contributed by atoms with Crippen molar-refractivity contribution >= 4 is 11.6 Å². The smallest absolute Gasteiger partial charge is 0.254 e. The Morgan fingerprint density at radius 2 is 1.86 bits per heavy atom. The van der Waals surface area contributed by atoms with Crippen LogP contribution in [0.15, 0.2) is 71.9 Å². The maximum absolute atomic E-state index is 14.6. The predicted octanol–water partition coefficient (Wildman–Crippen LogP) is 6.47. The third kappa shape index (κ3) is 7.46. The maximum Gasteiger partial charge on any atom is 0.254 e. The van der Waals surface area contributed by atoms with Crippen LogP contribution in [0.1, 0.15) is 92.6 Å². The van der Waals surface area contributed by atoms with Gasteiger partial charge in [0.25, 0.3) is 5.91 Å². The van der Waals surface area contributed by atoms with Crippen LogP contribution < -0.4 is 4.74 Å². The largest absolute Gasteiger partial charge is 0.508 e. The molecule has 268 valence electrons. The number of hydrogen-bond acceptors (Lipinski definition) is 9. The van der Waals surface area contributed by atoms with Crippen LogP contribution in [0.5, 0.6) is 11.5 Å². The molecule has 3 N–H and O–H groups in total. The zero-order chi connectivity index (χ0) is 35.7. The van der Waals surface area contributed by atoms with E-state index in [0.29, 0.717) is 55.7 Å². The lowest BCUT2D eigenvalue weighted by Crippen LogP contribution is -2.70. The van der Waals surface area contributed by atoms with Crippen LogP contribution in [0.2, 0.25) is 0 Å². The zero-order valence-corrected chi connectivity index (χ0v) is 29.3. The number of phenols is 1. The zero-order valence-electron chi connectivity index (χ0n) is 29.3. The van der Waals surface area contributed by atoms with Gasteiger partial charge in [-0.25, -0.2) is 0 Å². The molecule has 1 saturated carbocycles. The summed E-state index contributed by atoms with van der Waals surface area (Å²) in [5, 5.41) is 44.4. The molecule has 50 heavy (non-hydrogen) atoms.